The first-order valence-corrected chi connectivity index (χ1v) is 14.4. The number of hydrogen-bond donors (Lipinski definition) is 0. The van der Waals surface area contributed by atoms with Gasteiger partial charge in [-0.15, -0.1) is 10.2 Å². The molecule has 0 spiro atoms. The smallest absolute Gasteiger partial charge is 0.248 e. The Morgan fingerprint density at radius 3 is 1.75 bits per heavy atom. The van der Waals surface area contributed by atoms with E-state index in [9.17, 15) is 0 Å². The van der Waals surface area contributed by atoms with Gasteiger partial charge in [-0.3, -0.25) is 4.90 Å². The van der Waals surface area contributed by atoms with E-state index >= 15 is 0 Å². The second-order valence-electron chi connectivity index (χ2n) is 10.6. The standard InChI is InChI=1S/C38H23N3O3/c1-2-12-24(13-3-1)37-39-40-38(44-37)29-15-5-4-14-25(29)26-16-10-17-27-28-18-11-21-32(36(28)43-35(26)27)41-30-19-6-8-22-33(30)42-34-23-9-7-20-31(34)41/h1-23H. The van der Waals surface area contributed by atoms with Gasteiger partial charge < -0.3 is 13.6 Å². The van der Waals surface area contributed by atoms with E-state index in [0.29, 0.717) is 11.8 Å². The molecule has 44 heavy (non-hydrogen) atoms. The predicted molar refractivity (Wildman–Crippen MR) is 173 cm³/mol. The van der Waals surface area contributed by atoms with Crippen molar-refractivity contribution in [3.05, 3.63) is 140 Å². The van der Waals surface area contributed by atoms with Gasteiger partial charge in [-0.25, -0.2) is 0 Å². The van der Waals surface area contributed by atoms with Crippen molar-refractivity contribution in [1.82, 2.24) is 10.2 Å². The zero-order valence-corrected chi connectivity index (χ0v) is 23.3. The number of para-hydroxylation sites is 6. The number of furan rings is 1. The number of rotatable bonds is 4. The average molecular weight is 570 g/mol. The maximum atomic E-state index is 6.87. The minimum Gasteiger partial charge on any atom is -0.453 e. The van der Waals surface area contributed by atoms with Crippen LogP contribution in [0.1, 0.15) is 0 Å². The second-order valence-corrected chi connectivity index (χ2v) is 10.6. The van der Waals surface area contributed by atoms with Crippen molar-refractivity contribution in [3.8, 4) is 45.5 Å². The Hall–Kier alpha value is -6.14. The first-order chi connectivity index (χ1) is 21.8. The highest BCUT2D eigenvalue weighted by atomic mass is 16.5. The molecule has 6 aromatic carbocycles. The van der Waals surface area contributed by atoms with Gasteiger partial charge in [0.1, 0.15) is 5.58 Å². The van der Waals surface area contributed by atoms with Gasteiger partial charge in [0.25, 0.3) is 0 Å². The molecule has 6 nitrogen and oxygen atoms in total. The molecule has 0 radical (unpaired) electrons. The van der Waals surface area contributed by atoms with Crippen molar-refractivity contribution in [3.63, 3.8) is 0 Å². The molecule has 0 saturated carbocycles. The Morgan fingerprint density at radius 1 is 0.409 bits per heavy atom. The lowest BCUT2D eigenvalue weighted by molar-refractivity contribution is 0.477. The van der Waals surface area contributed by atoms with Gasteiger partial charge in [-0.2, -0.15) is 0 Å². The SMILES string of the molecule is c1ccc(-c2nnc(-c3ccccc3-c3cccc4c3oc3c(N5c6ccccc6Oc6ccccc65)cccc34)o2)cc1. The third-order valence-electron chi connectivity index (χ3n) is 8.07. The third kappa shape index (κ3) is 3.75. The number of benzene rings is 6. The molecule has 0 fully saturated rings. The normalized spacial score (nSPS) is 12.2. The van der Waals surface area contributed by atoms with Crippen LogP contribution in [0.5, 0.6) is 11.5 Å². The summed E-state index contributed by atoms with van der Waals surface area (Å²) in [4.78, 5) is 2.22. The summed E-state index contributed by atoms with van der Waals surface area (Å²) in [6, 6.07) is 46.6. The second kappa shape index (κ2) is 9.71. The molecule has 2 aromatic heterocycles. The zero-order chi connectivity index (χ0) is 29.0. The number of aromatic nitrogens is 2. The molecule has 3 heterocycles. The van der Waals surface area contributed by atoms with Crippen LogP contribution in [0, 0.1) is 0 Å². The zero-order valence-electron chi connectivity index (χ0n) is 23.3. The van der Waals surface area contributed by atoms with E-state index in [4.69, 9.17) is 13.6 Å². The molecule has 0 N–H and O–H groups in total. The van der Waals surface area contributed by atoms with E-state index in [2.05, 4.69) is 69.7 Å². The summed E-state index contributed by atoms with van der Waals surface area (Å²) in [5.41, 5.74) is 8.04. The topological polar surface area (TPSA) is 64.5 Å². The van der Waals surface area contributed by atoms with E-state index in [1.165, 1.54) is 0 Å². The monoisotopic (exact) mass is 569 g/mol. The maximum absolute atomic E-state index is 6.87. The fraction of sp³-hybridized carbons (Fsp3) is 0. The summed E-state index contributed by atoms with van der Waals surface area (Å²) in [5, 5.41) is 10.8. The lowest BCUT2D eigenvalue weighted by Crippen LogP contribution is -2.15. The molecule has 0 amide bonds. The highest BCUT2D eigenvalue weighted by Crippen LogP contribution is 2.52. The van der Waals surface area contributed by atoms with Crippen LogP contribution < -0.4 is 9.64 Å². The van der Waals surface area contributed by atoms with Gasteiger partial charge in [0, 0.05) is 27.5 Å². The van der Waals surface area contributed by atoms with Crippen LogP contribution in [-0.4, -0.2) is 10.2 Å². The van der Waals surface area contributed by atoms with Gasteiger partial charge in [0.05, 0.1) is 17.1 Å². The summed E-state index contributed by atoms with van der Waals surface area (Å²) < 4.78 is 19.3. The van der Waals surface area contributed by atoms with Crippen LogP contribution in [0.4, 0.5) is 17.1 Å². The van der Waals surface area contributed by atoms with Crippen molar-refractivity contribution >= 4 is 39.0 Å². The molecular formula is C38H23N3O3. The number of anilines is 3. The Labute approximate surface area is 252 Å². The molecule has 0 unspecified atom stereocenters. The molecule has 0 saturated heterocycles. The molecule has 9 rings (SSSR count). The van der Waals surface area contributed by atoms with Crippen molar-refractivity contribution in [2.45, 2.75) is 0 Å². The number of nitrogens with zero attached hydrogens (tertiary/aromatic N) is 3. The number of ether oxygens (including phenoxy) is 1. The van der Waals surface area contributed by atoms with E-state index in [1.54, 1.807) is 0 Å². The lowest BCUT2D eigenvalue weighted by Gasteiger charge is -2.32. The fourth-order valence-electron chi connectivity index (χ4n) is 6.09. The summed E-state index contributed by atoms with van der Waals surface area (Å²) >= 11 is 0. The van der Waals surface area contributed by atoms with Crippen LogP contribution >= 0.6 is 0 Å². The van der Waals surface area contributed by atoms with E-state index < -0.39 is 0 Å². The molecule has 0 bridgehead atoms. The first-order valence-electron chi connectivity index (χ1n) is 14.4. The average Bonchev–Trinajstić information content (AvgIpc) is 3.74. The largest absolute Gasteiger partial charge is 0.453 e. The van der Waals surface area contributed by atoms with Crippen LogP contribution in [0.25, 0.3) is 56.0 Å². The molecule has 208 valence electrons. The molecule has 1 aliphatic heterocycles. The van der Waals surface area contributed by atoms with Gasteiger partial charge in [-0.05, 0) is 54.1 Å². The number of hydrogen-bond acceptors (Lipinski definition) is 6. The van der Waals surface area contributed by atoms with Crippen molar-refractivity contribution in [2.75, 3.05) is 4.90 Å². The first kappa shape index (κ1) is 24.5. The maximum Gasteiger partial charge on any atom is 0.248 e. The van der Waals surface area contributed by atoms with Crippen LogP contribution in [0.2, 0.25) is 0 Å². The van der Waals surface area contributed by atoms with Crippen LogP contribution in [0.3, 0.4) is 0 Å². The molecule has 0 atom stereocenters. The van der Waals surface area contributed by atoms with Crippen LogP contribution in [-0.2, 0) is 0 Å². The highest BCUT2D eigenvalue weighted by Gasteiger charge is 2.28. The van der Waals surface area contributed by atoms with Crippen molar-refractivity contribution in [1.29, 1.82) is 0 Å². The minimum absolute atomic E-state index is 0.454. The summed E-state index contributed by atoms with van der Waals surface area (Å²) in [6.45, 7) is 0. The predicted octanol–water partition coefficient (Wildman–Crippen LogP) is 10.5. The summed E-state index contributed by atoms with van der Waals surface area (Å²) in [6.07, 6.45) is 0. The Kier molecular flexibility index (Phi) is 5.40. The Morgan fingerprint density at radius 2 is 0.977 bits per heavy atom. The molecule has 0 aliphatic carbocycles. The third-order valence-corrected chi connectivity index (χ3v) is 8.07. The van der Waals surface area contributed by atoms with Gasteiger partial charge >= 0.3 is 0 Å². The van der Waals surface area contributed by atoms with Crippen LogP contribution in [0.15, 0.2) is 148 Å². The molecule has 8 aromatic rings. The van der Waals surface area contributed by atoms with Gasteiger partial charge in [-0.1, -0.05) is 91.0 Å². The summed E-state index contributed by atoms with van der Waals surface area (Å²) in [5.74, 6) is 2.52. The Bertz CT molecular complexity index is 2290. The number of fused-ring (bicyclic) bond motifs is 5. The fourth-order valence-corrected chi connectivity index (χ4v) is 6.09. The van der Waals surface area contributed by atoms with E-state index in [0.717, 1.165) is 72.8 Å². The van der Waals surface area contributed by atoms with E-state index in [-0.39, 0.29) is 0 Å². The molecular weight excluding hydrogens is 546 g/mol. The van der Waals surface area contributed by atoms with E-state index in [1.807, 2.05) is 84.9 Å². The lowest BCUT2D eigenvalue weighted by atomic mass is 9.97. The Balaban J connectivity index is 1.24. The minimum atomic E-state index is 0.454. The molecule has 1 aliphatic rings. The van der Waals surface area contributed by atoms with Gasteiger partial charge in [0.15, 0.2) is 17.1 Å². The highest BCUT2D eigenvalue weighted by molar-refractivity contribution is 6.14. The summed E-state index contributed by atoms with van der Waals surface area (Å²) in [7, 11) is 0. The molecule has 6 heteroatoms. The van der Waals surface area contributed by atoms with Gasteiger partial charge in [0.2, 0.25) is 11.8 Å². The van der Waals surface area contributed by atoms with Crippen molar-refractivity contribution < 1.29 is 13.6 Å². The van der Waals surface area contributed by atoms with Crippen molar-refractivity contribution in [2.24, 2.45) is 0 Å². The quantitative estimate of drug-likeness (QED) is 0.210.